The fraction of sp³-hybridized carbons (Fsp3) is 0.867. The Bertz CT molecular complexity index is 455. The van der Waals surface area contributed by atoms with Crippen molar-refractivity contribution in [1.29, 1.82) is 0 Å². The highest BCUT2D eigenvalue weighted by atomic mass is 16.6. The number of rotatable bonds is 1. The van der Waals surface area contributed by atoms with Crippen molar-refractivity contribution in [3.8, 4) is 0 Å². The van der Waals surface area contributed by atoms with Crippen molar-refractivity contribution in [2.45, 2.75) is 70.6 Å². The monoisotopic (exact) mass is 281 g/mol. The molecule has 2 saturated heterocycles. The van der Waals surface area contributed by atoms with Crippen LogP contribution in [0.1, 0.15) is 52.9 Å². The van der Waals surface area contributed by atoms with E-state index < -0.39 is 11.6 Å². The van der Waals surface area contributed by atoms with Crippen molar-refractivity contribution in [2.24, 2.45) is 11.3 Å². The van der Waals surface area contributed by atoms with Gasteiger partial charge in [0, 0.05) is 17.5 Å². The predicted molar refractivity (Wildman–Crippen MR) is 72.3 cm³/mol. The van der Waals surface area contributed by atoms with Crippen molar-refractivity contribution in [3.05, 3.63) is 0 Å². The van der Waals surface area contributed by atoms with Gasteiger partial charge in [-0.1, -0.05) is 0 Å². The van der Waals surface area contributed by atoms with Gasteiger partial charge < -0.3 is 14.7 Å². The van der Waals surface area contributed by atoms with E-state index in [0.717, 1.165) is 32.1 Å². The third-order valence-corrected chi connectivity index (χ3v) is 5.13. The second-order valence-corrected chi connectivity index (χ2v) is 7.50. The van der Waals surface area contributed by atoms with Crippen LogP contribution in [0.4, 0.5) is 4.79 Å². The van der Waals surface area contributed by atoms with E-state index in [1.54, 1.807) is 0 Å². The molecule has 5 heteroatoms. The van der Waals surface area contributed by atoms with Gasteiger partial charge in [-0.25, -0.2) is 4.79 Å². The zero-order valence-corrected chi connectivity index (χ0v) is 12.4. The van der Waals surface area contributed by atoms with Crippen LogP contribution in [0.2, 0.25) is 0 Å². The van der Waals surface area contributed by atoms with Gasteiger partial charge in [0.15, 0.2) is 0 Å². The number of hydrogen-bond acceptors (Lipinski definition) is 3. The molecule has 2 heterocycles. The molecule has 3 rings (SSSR count). The minimum Gasteiger partial charge on any atom is -0.481 e. The average Bonchev–Trinajstić information content (AvgIpc) is 2.93. The molecule has 20 heavy (non-hydrogen) atoms. The van der Waals surface area contributed by atoms with Gasteiger partial charge in [-0.15, -0.1) is 0 Å². The van der Waals surface area contributed by atoms with Gasteiger partial charge in [-0.05, 0) is 52.9 Å². The smallest absolute Gasteiger partial charge is 0.410 e. The fourth-order valence-electron chi connectivity index (χ4n) is 4.22. The second-order valence-electron chi connectivity index (χ2n) is 7.50. The average molecular weight is 281 g/mol. The summed E-state index contributed by atoms with van der Waals surface area (Å²) in [6.45, 7) is 5.59. The van der Waals surface area contributed by atoms with Crippen LogP contribution in [-0.4, -0.2) is 39.8 Å². The molecule has 0 aromatic rings. The number of carbonyl (C=O) groups excluding carboxylic acids is 1. The summed E-state index contributed by atoms with van der Waals surface area (Å²) >= 11 is 0. The van der Waals surface area contributed by atoms with Crippen LogP contribution >= 0.6 is 0 Å². The number of carboxylic acids is 1. The highest BCUT2D eigenvalue weighted by molar-refractivity contribution is 5.76. The summed E-state index contributed by atoms with van der Waals surface area (Å²) in [7, 11) is 0. The van der Waals surface area contributed by atoms with Gasteiger partial charge >= 0.3 is 12.1 Å². The maximum Gasteiger partial charge on any atom is 0.410 e. The molecule has 1 amide bonds. The molecule has 2 bridgehead atoms. The molecule has 3 fully saturated rings. The Labute approximate surface area is 119 Å². The number of fused-ring (bicyclic) bond motifs is 3. The first-order chi connectivity index (χ1) is 9.24. The Kier molecular flexibility index (Phi) is 2.82. The molecule has 1 N–H and O–H groups in total. The van der Waals surface area contributed by atoms with Gasteiger partial charge in [0.05, 0.1) is 5.92 Å². The van der Waals surface area contributed by atoms with E-state index in [2.05, 4.69) is 0 Å². The van der Waals surface area contributed by atoms with E-state index in [4.69, 9.17) is 4.74 Å². The third kappa shape index (κ3) is 1.98. The number of aliphatic carboxylic acids is 1. The van der Waals surface area contributed by atoms with Crippen LogP contribution in [0.5, 0.6) is 0 Å². The van der Waals surface area contributed by atoms with Crippen molar-refractivity contribution in [1.82, 2.24) is 4.90 Å². The number of carbonyl (C=O) groups is 2. The number of carboxylic acid groups (broad SMARTS) is 1. The van der Waals surface area contributed by atoms with Crippen LogP contribution < -0.4 is 0 Å². The zero-order chi connectivity index (χ0) is 14.7. The Morgan fingerprint density at radius 1 is 1.25 bits per heavy atom. The van der Waals surface area contributed by atoms with Crippen LogP contribution in [0, 0.1) is 11.3 Å². The third-order valence-electron chi connectivity index (χ3n) is 5.13. The molecule has 1 spiro atoms. The van der Waals surface area contributed by atoms with Crippen molar-refractivity contribution < 1.29 is 19.4 Å². The maximum atomic E-state index is 12.4. The predicted octanol–water partition coefficient (Wildman–Crippen LogP) is 2.64. The van der Waals surface area contributed by atoms with Gasteiger partial charge in [0.25, 0.3) is 0 Å². The molecule has 3 aliphatic rings. The second kappa shape index (κ2) is 4.12. The Hall–Kier alpha value is -1.26. The van der Waals surface area contributed by atoms with Gasteiger partial charge in [-0.2, -0.15) is 0 Å². The summed E-state index contributed by atoms with van der Waals surface area (Å²) < 4.78 is 5.51. The van der Waals surface area contributed by atoms with E-state index in [9.17, 15) is 14.7 Å². The Morgan fingerprint density at radius 3 is 2.50 bits per heavy atom. The number of hydrogen-bond donors (Lipinski definition) is 1. The van der Waals surface area contributed by atoms with E-state index in [1.807, 2.05) is 25.7 Å². The first-order valence-corrected chi connectivity index (χ1v) is 7.49. The van der Waals surface area contributed by atoms with Gasteiger partial charge in [0.1, 0.15) is 5.60 Å². The number of nitrogens with zero attached hydrogens (tertiary/aromatic N) is 1. The SMILES string of the molecule is CC(C)(C)OC(=O)N1C2CCC1C1(CC2)CC1C(=O)O. The lowest BCUT2D eigenvalue weighted by atomic mass is 9.85. The lowest BCUT2D eigenvalue weighted by Crippen LogP contribution is -2.51. The molecule has 112 valence electrons. The Balaban J connectivity index is 1.80. The molecule has 1 saturated carbocycles. The fourth-order valence-corrected chi connectivity index (χ4v) is 4.22. The summed E-state index contributed by atoms with van der Waals surface area (Å²) in [6.07, 6.45) is 4.23. The first kappa shape index (κ1) is 13.7. The van der Waals surface area contributed by atoms with E-state index in [-0.39, 0.29) is 29.5 Å². The molecule has 0 aromatic carbocycles. The number of piperidine rings is 1. The summed E-state index contributed by atoms with van der Waals surface area (Å²) in [5.74, 6) is -0.976. The zero-order valence-electron chi connectivity index (χ0n) is 12.4. The van der Waals surface area contributed by atoms with Crippen LogP contribution in [0.25, 0.3) is 0 Å². The molecule has 0 aromatic heterocycles. The Morgan fingerprint density at radius 2 is 1.95 bits per heavy atom. The van der Waals surface area contributed by atoms with E-state index in [1.165, 1.54) is 0 Å². The van der Waals surface area contributed by atoms with Gasteiger partial charge in [-0.3, -0.25) is 4.79 Å². The van der Waals surface area contributed by atoms with E-state index in [0.29, 0.717) is 0 Å². The van der Waals surface area contributed by atoms with Crippen molar-refractivity contribution in [2.75, 3.05) is 0 Å². The topological polar surface area (TPSA) is 66.8 Å². The minimum atomic E-state index is -0.709. The van der Waals surface area contributed by atoms with Crippen molar-refractivity contribution >= 4 is 12.1 Å². The summed E-state index contributed by atoms with van der Waals surface area (Å²) in [4.78, 5) is 25.6. The normalized spacial score (nSPS) is 39.0. The molecule has 2 aliphatic heterocycles. The summed E-state index contributed by atoms with van der Waals surface area (Å²) in [6, 6.07) is 0.313. The van der Waals surface area contributed by atoms with Crippen molar-refractivity contribution in [3.63, 3.8) is 0 Å². The highest BCUT2D eigenvalue weighted by Gasteiger charge is 2.68. The number of amides is 1. The molecule has 4 atom stereocenters. The largest absolute Gasteiger partial charge is 0.481 e. The molecular weight excluding hydrogens is 258 g/mol. The highest BCUT2D eigenvalue weighted by Crippen LogP contribution is 2.65. The summed E-state index contributed by atoms with van der Waals surface area (Å²) in [5.41, 5.74) is -0.674. The molecular formula is C15H23NO4. The first-order valence-electron chi connectivity index (χ1n) is 7.49. The maximum absolute atomic E-state index is 12.4. The molecule has 0 radical (unpaired) electrons. The lowest BCUT2D eigenvalue weighted by Gasteiger charge is -2.41. The van der Waals surface area contributed by atoms with Crippen LogP contribution in [-0.2, 0) is 9.53 Å². The van der Waals surface area contributed by atoms with Crippen LogP contribution in [0.3, 0.4) is 0 Å². The molecule has 1 aliphatic carbocycles. The quantitative estimate of drug-likeness (QED) is 0.802. The standard InChI is InChI=1S/C15H23NO4/c1-14(2,3)20-13(19)16-9-4-5-11(16)15(7-6-9)8-10(15)12(17)18/h9-11H,4-8H2,1-3H3,(H,17,18). The minimum absolute atomic E-state index is 0.0669. The summed E-state index contributed by atoms with van der Waals surface area (Å²) in [5, 5.41) is 9.27. The van der Waals surface area contributed by atoms with Crippen LogP contribution in [0.15, 0.2) is 0 Å². The molecule has 4 unspecified atom stereocenters. The van der Waals surface area contributed by atoms with Gasteiger partial charge in [0.2, 0.25) is 0 Å². The van der Waals surface area contributed by atoms with E-state index >= 15 is 0 Å². The molecule has 5 nitrogen and oxygen atoms in total. The lowest BCUT2D eigenvalue weighted by molar-refractivity contribution is -0.140. The number of ether oxygens (including phenoxy) is 1.